The minimum Gasteiger partial charge on any atom is -0.490 e. The molecule has 0 heterocycles. The predicted molar refractivity (Wildman–Crippen MR) is 156 cm³/mol. The summed E-state index contributed by atoms with van der Waals surface area (Å²) in [5.74, 6) is -3.08. The molecule has 0 bridgehead atoms. The number of hydrogen-bond acceptors (Lipinski definition) is 1. The van der Waals surface area contributed by atoms with Crippen LogP contribution in [0.25, 0.3) is 22.3 Å². The summed E-state index contributed by atoms with van der Waals surface area (Å²) in [5.41, 5.74) is 1.61. The van der Waals surface area contributed by atoms with E-state index in [0.717, 1.165) is 32.1 Å². The number of ether oxygens (including phenoxy) is 1. The zero-order chi connectivity index (χ0) is 28.5. The SMILES string of the molecule is C=CCCCOc1ccc(-c2ccc(-c3ccc(C4CCC(CCCCCC)CC4)c(F)c3F)cc2)c(F)c1F. The fraction of sp³-hybridized carbons (Fsp3) is 0.429. The molecule has 0 spiro atoms. The van der Waals surface area contributed by atoms with Crippen LogP contribution in [0.3, 0.4) is 0 Å². The lowest BCUT2D eigenvalue weighted by Gasteiger charge is -2.29. The van der Waals surface area contributed by atoms with E-state index < -0.39 is 23.3 Å². The van der Waals surface area contributed by atoms with Gasteiger partial charge in [-0.2, -0.15) is 4.39 Å². The highest BCUT2D eigenvalue weighted by Crippen LogP contribution is 2.40. The second kappa shape index (κ2) is 14.5. The number of benzene rings is 3. The molecule has 0 N–H and O–H groups in total. The average molecular weight is 553 g/mol. The Morgan fingerprint density at radius 1 is 0.725 bits per heavy atom. The Bertz CT molecular complexity index is 1260. The van der Waals surface area contributed by atoms with Crippen LogP contribution in [0.4, 0.5) is 17.6 Å². The lowest BCUT2D eigenvalue weighted by Crippen LogP contribution is -2.15. The third-order valence-electron chi connectivity index (χ3n) is 8.23. The van der Waals surface area contributed by atoms with Gasteiger partial charge in [-0.25, -0.2) is 13.2 Å². The van der Waals surface area contributed by atoms with Crippen molar-refractivity contribution in [1.82, 2.24) is 0 Å². The molecule has 3 aromatic carbocycles. The number of unbranched alkanes of at least 4 members (excludes halogenated alkanes) is 4. The van der Waals surface area contributed by atoms with Crippen molar-refractivity contribution in [2.45, 2.75) is 83.5 Å². The van der Waals surface area contributed by atoms with E-state index in [1.54, 1.807) is 42.5 Å². The van der Waals surface area contributed by atoms with Crippen molar-refractivity contribution >= 4 is 0 Å². The van der Waals surface area contributed by atoms with Gasteiger partial charge >= 0.3 is 0 Å². The van der Waals surface area contributed by atoms with Crippen molar-refractivity contribution in [3.05, 3.63) is 90.0 Å². The van der Waals surface area contributed by atoms with Crippen LogP contribution in [0.2, 0.25) is 0 Å². The van der Waals surface area contributed by atoms with Crippen molar-refractivity contribution in [1.29, 1.82) is 0 Å². The van der Waals surface area contributed by atoms with Crippen LogP contribution < -0.4 is 4.74 Å². The largest absolute Gasteiger partial charge is 0.490 e. The monoisotopic (exact) mass is 552 g/mol. The molecule has 0 atom stereocenters. The summed E-state index contributed by atoms with van der Waals surface area (Å²) >= 11 is 0. The molecule has 1 fully saturated rings. The maximum Gasteiger partial charge on any atom is 0.201 e. The molecule has 0 saturated heterocycles. The van der Waals surface area contributed by atoms with Gasteiger partial charge in [0.1, 0.15) is 0 Å². The highest BCUT2D eigenvalue weighted by Gasteiger charge is 2.26. The average Bonchev–Trinajstić information content (AvgIpc) is 2.98. The van der Waals surface area contributed by atoms with E-state index in [1.807, 2.05) is 0 Å². The maximum atomic E-state index is 15.2. The van der Waals surface area contributed by atoms with Gasteiger partial charge in [0.05, 0.1) is 6.61 Å². The topological polar surface area (TPSA) is 9.23 Å². The van der Waals surface area contributed by atoms with Crippen LogP contribution in [0.5, 0.6) is 5.75 Å². The Hall–Kier alpha value is -3.08. The zero-order valence-electron chi connectivity index (χ0n) is 23.5. The van der Waals surface area contributed by atoms with E-state index in [9.17, 15) is 8.78 Å². The first-order valence-electron chi connectivity index (χ1n) is 14.7. The molecule has 0 amide bonds. The van der Waals surface area contributed by atoms with E-state index in [2.05, 4.69) is 13.5 Å². The number of hydrogen-bond donors (Lipinski definition) is 0. The van der Waals surface area contributed by atoms with Crippen LogP contribution in [-0.2, 0) is 0 Å². The summed E-state index contributed by atoms with van der Waals surface area (Å²) in [4.78, 5) is 0. The molecule has 40 heavy (non-hydrogen) atoms. The van der Waals surface area contributed by atoms with Gasteiger partial charge in [0.25, 0.3) is 0 Å². The predicted octanol–water partition coefficient (Wildman–Crippen LogP) is 11.2. The van der Waals surface area contributed by atoms with E-state index in [4.69, 9.17) is 4.74 Å². The molecular formula is C35H40F4O. The first-order valence-corrected chi connectivity index (χ1v) is 14.7. The third-order valence-corrected chi connectivity index (χ3v) is 8.23. The van der Waals surface area contributed by atoms with Crippen molar-refractivity contribution in [2.75, 3.05) is 6.61 Å². The Kier molecular flexibility index (Phi) is 10.9. The summed E-state index contributed by atoms with van der Waals surface area (Å²) in [7, 11) is 0. The van der Waals surface area contributed by atoms with Crippen molar-refractivity contribution in [3.8, 4) is 28.0 Å². The zero-order valence-corrected chi connectivity index (χ0v) is 23.5. The molecule has 4 rings (SSSR count). The van der Waals surface area contributed by atoms with Gasteiger partial charge in [0, 0.05) is 11.1 Å². The van der Waals surface area contributed by atoms with E-state index in [1.165, 1.54) is 44.2 Å². The number of allylic oxidation sites excluding steroid dienone is 1. The van der Waals surface area contributed by atoms with Gasteiger partial charge in [0.2, 0.25) is 5.82 Å². The van der Waals surface area contributed by atoms with Crippen molar-refractivity contribution in [3.63, 3.8) is 0 Å². The second-order valence-corrected chi connectivity index (χ2v) is 11.0. The summed E-state index contributed by atoms with van der Waals surface area (Å²) in [6.07, 6.45) is 13.3. The number of halogens is 4. The third kappa shape index (κ3) is 7.16. The van der Waals surface area contributed by atoms with Gasteiger partial charge < -0.3 is 4.74 Å². The maximum absolute atomic E-state index is 15.2. The summed E-state index contributed by atoms with van der Waals surface area (Å²) in [5, 5.41) is 0. The highest BCUT2D eigenvalue weighted by molar-refractivity contribution is 5.72. The van der Waals surface area contributed by atoms with Gasteiger partial charge in [-0.05, 0) is 79.2 Å². The van der Waals surface area contributed by atoms with Crippen LogP contribution in [0, 0.1) is 29.2 Å². The van der Waals surface area contributed by atoms with Gasteiger partial charge in [-0.15, -0.1) is 6.58 Å². The van der Waals surface area contributed by atoms with Gasteiger partial charge in [0.15, 0.2) is 23.2 Å². The lowest BCUT2D eigenvalue weighted by atomic mass is 9.76. The molecule has 3 aromatic rings. The fourth-order valence-electron chi connectivity index (χ4n) is 5.83. The first-order chi connectivity index (χ1) is 19.4. The van der Waals surface area contributed by atoms with E-state index >= 15 is 8.78 Å². The first kappa shape index (κ1) is 29.9. The molecule has 0 radical (unpaired) electrons. The second-order valence-electron chi connectivity index (χ2n) is 11.0. The molecule has 0 aromatic heterocycles. The normalized spacial score (nSPS) is 17.1. The molecule has 0 aliphatic heterocycles. The Morgan fingerprint density at radius 3 is 1.98 bits per heavy atom. The standard InChI is InChI=1S/C35H40F4O/c1-3-5-7-8-10-24-11-13-25(14-12-24)28-19-20-29(33(37)32(28)36)26-15-17-27(18-16-26)30-21-22-31(35(39)34(30)38)40-23-9-6-4-2/h4,15-22,24-25H,2-3,5-14,23H2,1H3. The smallest absolute Gasteiger partial charge is 0.201 e. The van der Waals surface area contributed by atoms with Crippen molar-refractivity contribution < 1.29 is 22.3 Å². The minimum atomic E-state index is -1.05. The molecular weight excluding hydrogens is 512 g/mol. The van der Waals surface area contributed by atoms with Crippen molar-refractivity contribution in [2.24, 2.45) is 5.92 Å². The molecule has 214 valence electrons. The lowest BCUT2D eigenvalue weighted by molar-refractivity contribution is 0.291. The fourth-order valence-corrected chi connectivity index (χ4v) is 5.83. The van der Waals surface area contributed by atoms with Gasteiger partial charge in [-0.3, -0.25) is 0 Å². The molecule has 5 heteroatoms. The Balaban J connectivity index is 1.43. The molecule has 1 aliphatic carbocycles. The van der Waals surface area contributed by atoms with Crippen LogP contribution in [0.1, 0.15) is 89.0 Å². The molecule has 1 saturated carbocycles. The molecule has 1 nitrogen and oxygen atoms in total. The molecule has 0 unspecified atom stereocenters. The minimum absolute atomic E-state index is 0.0460. The Morgan fingerprint density at radius 2 is 1.35 bits per heavy atom. The quantitative estimate of drug-likeness (QED) is 0.116. The number of rotatable bonds is 13. The van der Waals surface area contributed by atoms with E-state index in [0.29, 0.717) is 29.0 Å². The summed E-state index contributed by atoms with van der Waals surface area (Å²) in [6, 6.07) is 12.6. The van der Waals surface area contributed by atoms with Crippen LogP contribution >= 0.6 is 0 Å². The Labute approximate surface area is 236 Å². The van der Waals surface area contributed by atoms with E-state index in [-0.39, 0.29) is 29.4 Å². The summed E-state index contributed by atoms with van der Waals surface area (Å²) in [6.45, 7) is 6.10. The van der Waals surface area contributed by atoms with Crippen LogP contribution in [0.15, 0.2) is 61.2 Å². The highest BCUT2D eigenvalue weighted by atomic mass is 19.2. The molecule has 1 aliphatic rings. The summed E-state index contributed by atoms with van der Waals surface area (Å²) < 4.78 is 65.3. The van der Waals surface area contributed by atoms with Crippen LogP contribution in [-0.4, -0.2) is 6.61 Å². The van der Waals surface area contributed by atoms with Gasteiger partial charge in [-0.1, -0.05) is 81.5 Å².